The molecule has 0 spiro atoms. The zero-order valence-electron chi connectivity index (χ0n) is 8.33. The van der Waals surface area contributed by atoms with Crippen LogP contribution in [-0.4, -0.2) is 21.6 Å². The molecule has 1 aromatic carbocycles. The number of carbonyl (C=O) groups is 1. The maximum absolute atomic E-state index is 11.9. The molecule has 82 valence electrons. The van der Waals surface area contributed by atoms with Crippen molar-refractivity contribution in [2.75, 3.05) is 0 Å². The zero-order chi connectivity index (χ0) is 11.5. The Bertz CT molecular complexity index is 388. The van der Waals surface area contributed by atoms with Crippen molar-refractivity contribution in [1.29, 1.82) is 0 Å². The third-order valence-electron chi connectivity index (χ3n) is 2.19. The lowest BCUT2D eigenvalue weighted by Gasteiger charge is -2.17. The zero-order valence-corrected chi connectivity index (χ0v) is 9.22. The summed E-state index contributed by atoms with van der Waals surface area (Å²) >= 11 is 0. The number of hydrogen-bond acceptors (Lipinski definition) is 2. The molecule has 2 unspecified atom stereocenters. The molecule has 15 heavy (non-hydrogen) atoms. The van der Waals surface area contributed by atoms with E-state index in [0.717, 1.165) is 0 Å². The van der Waals surface area contributed by atoms with Gasteiger partial charge in [0.25, 0.3) is 0 Å². The van der Waals surface area contributed by atoms with Crippen LogP contribution in [0.5, 0.6) is 0 Å². The third-order valence-corrected chi connectivity index (χ3v) is 4.61. The van der Waals surface area contributed by atoms with Gasteiger partial charge in [0.1, 0.15) is 0 Å². The van der Waals surface area contributed by atoms with Gasteiger partial charge in [-0.2, -0.15) is 0 Å². The molecule has 0 aliphatic heterocycles. The van der Waals surface area contributed by atoms with Crippen LogP contribution in [0.25, 0.3) is 0 Å². The van der Waals surface area contributed by atoms with Gasteiger partial charge in [0.2, 0.25) is 7.37 Å². The van der Waals surface area contributed by atoms with Crippen molar-refractivity contribution < 1.29 is 19.4 Å². The molecule has 0 aromatic heterocycles. The van der Waals surface area contributed by atoms with E-state index >= 15 is 0 Å². The lowest BCUT2D eigenvalue weighted by molar-refractivity contribution is -0.137. The van der Waals surface area contributed by atoms with Gasteiger partial charge in [-0.15, -0.1) is 0 Å². The first-order valence-electron chi connectivity index (χ1n) is 4.54. The van der Waals surface area contributed by atoms with E-state index in [2.05, 4.69) is 0 Å². The van der Waals surface area contributed by atoms with Gasteiger partial charge in [-0.3, -0.25) is 9.36 Å². The van der Waals surface area contributed by atoms with Gasteiger partial charge in [0, 0.05) is 11.0 Å². The molecule has 0 aliphatic carbocycles. The molecule has 0 fully saturated rings. The van der Waals surface area contributed by atoms with E-state index in [0.29, 0.717) is 5.30 Å². The summed E-state index contributed by atoms with van der Waals surface area (Å²) in [5.41, 5.74) is -0.766. The number of carboxylic acids is 1. The SMILES string of the molecule is CC(CC(=O)O)P(=O)(O)c1ccccc1. The highest BCUT2D eigenvalue weighted by Crippen LogP contribution is 2.46. The summed E-state index contributed by atoms with van der Waals surface area (Å²) in [5.74, 6) is -1.06. The lowest BCUT2D eigenvalue weighted by atomic mass is 10.3. The van der Waals surface area contributed by atoms with Crippen LogP contribution < -0.4 is 5.30 Å². The maximum atomic E-state index is 11.9. The third kappa shape index (κ3) is 2.91. The minimum absolute atomic E-state index is 0.303. The Morgan fingerprint density at radius 1 is 1.40 bits per heavy atom. The van der Waals surface area contributed by atoms with Crippen LogP contribution in [0.3, 0.4) is 0 Å². The van der Waals surface area contributed by atoms with Crippen molar-refractivity contribution in [1.82, 2.24) is 0 Å². The van der Waals surface area contributed by atoms with Crippen LogP contribution in [0.15, 0.2) is 30.3 Å². The second kappa shape index (κ2) is 4.60. The maximum Gasteiger partial charge on any atom is 0.304 e. The van der Waals surface area contributed by atoms with Crippen LogP contribution >= 0.6 is 7.37 Å². The Morgan fingerprint density at radius 2 is 1.93 bits per heavy atom. The quantitative estimate of drug-likeness (QED) is 0.765. The van der Waals surface area contributed by atoms with E-state index in [-0.39, 0.29) is 6.42 Å². The van der Waals surface area contributed by atoms with E-state index in [1.807, 2.05) is 0 Å². The molecule has 1 rings (SSSR count). The second-order valence-corrected chi connectivity index (χ2v) is 6.05. The van der Waals surface area contributed by atoms with Crippen molar-refractivity contribution >= 4 is 18.6 Å². The molecule has 0 heterocycles. The molecule has 0 amide bonds. The monoisotopic (exact) mass is 228 g/mol. The van der Waals surface area contributed by atoms with Gasteiger partial charge in [-0.1, -0.05) is 25.1 Å². The normalized spacial score (nSPS) is 16.7. The van der Waals surface area contributed by atoms with Crippen molar-refractivity contribution in [3.05, 3.63) is 30.3 Å². The number of hydrogen-bond donors (Lipinski definition) is 2. The first kappa shape index (κ1) is 12.0. The van der Waals surface area contributed by atoms with Crippen LogP contribution in [0, 0.1) is 0 Å². The number of benzene rings is 1. The fraction of sp³-hybridized carbons (Fsp3) is 0.300. The van der Waals surface area contributed by atoms with Gasteiger partial charge in [0.15, 0.2) is 0 Å². The number of rotatable bonds is 4. The summed E-state index contributed by atoms with van der Waals surface area (Å²) in [6.45, 7) is 1.47. The molecule has 4 nitrogen and oxygen atoms in total. The number of carboxylic acid groups (broad SMARTS) is 1. The Balaban J connectivity index is 2.93. The molecule has 2 N–H and O–H groups in total. The predicted octanol–water partition coefficient (Wildman–Crippen LogP) is 1.45. The van der Waals surface area contributed by atoms with E-state index in [4.69, 9.17) is 5.11 Å². The summed E-state index contributed by atoms with van der Waals surface area (Å²) < 4.78 is 11.9. The van der Waals surface area contributed by atoms with Gasteiger partial charge in [-0.05, 0) is 12.1 Å². The summed E-state index contributed by atoms with van der Waals surface area (Å²) in [4.78, 5) is 20.3. The smallest absolute Gasteiger partial charge is 0.304 e. The van der Waals surface area contributed by atoms with E-state index < -0.39 is 19.0 Å². The van der Waals surface area contributed by atoms with Crippen LogP contribution in [0.4, 0.5) is 0 Å². The molecule has 0 bridgehead atoms. The topological polar surface area (TPSA) is 74.6 Å². The molecule has 1 aromatic rings. The highest BCUT2D eigenvalue weighted by atomic mass is 31.2. The van der Waals surface area contributed by atoms with E-state index in [1.165, 1.54) is 6.92 Å². The lowest BCUT2D eigenvalue weighted by Crippen LogP contribution is -2.17. The van der Waals surface area contributed by atoms with Crippen LogP contribution in [0.2, 0.25) is 0 Å². The first-order valence-corrected chi connectivity index (χ1v) is 6.27. The van der Waals surface area contributed by atoms with Crippen LogP contribution in [-0.2, 0) is 9.36 Å². The largest absolute Gasteiger partial charge is 0.481 e. The van der Waals surface area contributed by atoms with Crippen molar-refractivity contribution in [2.45, 2.75) is 19.0 Å². The molecule has 0 saturated carbocycles. The van der Waals surface area contributed by atoms with Crippen molar-refractivity contribution in [2.24, 2.45) is 0 Å². The van der Waals surface area contributed by atoms with E-state index in [9.17, 15) is 14.3 Å². The Morgan fingerprint density at radius 3 is 2.40 bits per heavy atom. The molecule has 5 heteroatoms. The standard InChI is InChI=1S/C10H13O4P/c1-8(7-10(11)12)15(13,14)9-5-3-2-4-6-9/h2-6,8H,7H2,1H3,(H,11,12)(H,13,14). The molecule has 2 atom stereocenters. The molecule has 0 saturated heterocycles. The van der Waals surface area contributed by atoms with E-state index in [1.54, 1.807) is 30.3 Å². The number of aliphatic carboxylic acids is 1. The Labute approximate surface area is 88.0 Å². The minimum atomic E-state index is -3.57. The predicted molar refractivity (Wildman–Crippen MR) is 57.6 cm³/mol. The average molecular weight is 228 g/mol. The fourth-order valence-electron chi connectivity index (χ4n) is 1.27. The summed E-state index contributed by atoms with van der Waals surface area (Å²) in [7, 11) is -3.57. The summed E-state index contributed by atoms with van der Waals surface area (Å²) in [6, 6.07) is 8.14. The second-order valence-electron chi connectivity index (χ2n) is 3.41. The van der Waals surface area contributed by atoms with Gasteiger partial charge < -0.3 is 10.00 Å². The Kier molecular flexibility index (Phi) is 3.66. The Hall–Kier alpha value is -1.12. The summed E-state index contributed by atoms with van der Waals surface area (Å²) in [6.07, 6.45) is -0.303. The molecule has 0 radical (unpaired) electrons. The molecular weight excluding hydrogens is 215 g/mol. The van der Waals surface area contributed by atoms with Crippen molar-refractivity contribution in [3.8, 4) is 0 Å². The highest BCUT2D eigenvalue weighted by Gasteiger charge is 2.30. The van der Waals surface area contributed by atoms with Gasteiger partial charge in [0.05, 0.1) is 6.42 Å². The van der Waals surface area contributed by atoms with Crippen LogP contribution in [0.1, 0.15) is 13.3 Å². The molecular formula is C10H13O4P. The minimum Gasteiger partial charge on any atom is -0.481 e. The van der Waals surface area contributed by atoms with Gasteiger partial charge >= 0.3 is 5.97 Å². The fourth-order valence-corrected chi connectivity index (χ4v) is 2.78. The highest BCUT2D eigenvalue weighted by molar-refractivity contribution is 7.66. The first-order chi connectivity index (χ1) is 6.94. The summed E-state index contributed by atoms with van der Waals surface area (Å²) in [5, 5.41) is 8.87. The average Bonchev–Trinajstić information content (AvgIpc) is 2.18. The van der Waals surface area contributed by atoms with Crippen molar-refractivity contribution in [3.63, 3.8) is 0 Å². The molecule has 0 aliphatic rings. The van der Waals surface area contributed by atoms with Gasteiger partial charge in [-0.25, -0.2) is 0 Å².